The number of hydrogen-bond acceptors (Lipinski definition) is 3. The average Bonchev–Trinajstić information content (AvgIpc) is 2.48. The van der Waals surface area contributed by atoms with E-state index in [2.05, 4.69) is 6.92 Å². The van der Waals surface area contributed by atoms with Crippen LogP contribution in [0, 0.1) is 0 Å². The minimum Gasteiger partial charge on any atom is -0.493 e. The van der Waals surface area contributed by atoms with Crippen LogP contribution in [-0.2, 0) is 6.42 Å². The zero-order chi connectivity index (χ0) is 15.9. The normalized spacial score (nSPS) is 13.7. The molecule has 1 aromatic rings. The molecule has 0 unspecified atom stereocenters. The van der Waals surface area contributed by atoms with Crippen molar-refractivity contribution in [2.24, 2.45) is 0 Å². The third-order valence-corrected chi connectivity index (χ3v) is 4.25. The van der Waals surface area contributed by atoms with E-state index in [1.807, 2.05) is 11.0 Å². The lowest BCUT2D eigenvalue weighted by molar-refractivity contribution is 0.0651. The topological polar surface area (TPSA) is 38.8 Å². The second-order valence-electron chi connectivity index (χ2n) is 5.83. The quantitative estimate of drug-likeness (QED) is 0.688. The molecule has 0 aromatic heterocycles. The summed E-state index contributed by atoms with van der Waals surface area (Å²) in [5, 5.41) is 0. The monoisotopic (exact) mass is 305 g/mol. The van der Waals surface area contributed by atoms with Crippen molar-refractivity contribution in [1.29, 1.82) is 0 Å². The number of methoxy groups -OCH3 is 2. The van der Waals surface area contributed by atoms with E-state index in [4.69, 9.17) is 9.47 Å². The summed E-state index contributed by atoms with van der Waals surface area (Å²) in [4.78, 5) is 14.3. The Balaban J connectivity index is 2.21. The van der Waals surface area contributed by atoms with E-state index in [9.17, 15) is 4.79 Å². The molecule has 0 bridgehead atoms. The first-order valence-corrected chi connectivity index (χ1v) is 8.25. The lowest BCUT2D eigenvalue weighted by Crippen LogP contribution is -2.42. The zero-order valence-electron chi connectivity index (χ0n) is 14.0. The molecule has 22 heavy (non-hydrogen) atoms. The number of nitrogens with zero attached hydrogens (tertiary/aromatic N) is 1. The van der Waals surface area contributed by atoms with Crippen LogP contribution < -0.4 is 9.47 Å². The summed E-state index contributed by atoms with van der Waals surface area (Å²) in [5.41, 5.74) is 1.78. The number of aryl methyl sites for hydroxylation is 1. The maximum Gasteiger partial charge on any atom is 0.254 e. The standard InChI is InChI=1S/C18H27NO3/c1-4-5-6-7-9-14-12-15(18(20)19-10-8-11-19)13-16(21-2)17(14)22-3/h12-13H,4-11H2,1-3H3. The van der Waals surface area contributed by atoms with Gasteiger partial charge < -0.3 is 14.4 Å². The number of hydrogen-bond donors (Lipinski definition) is 0. The van der Waals surface area contributed by atoms with Gasteiger partial charge in [0.1, 0.15) is 0 Å². The van der Waals surface area contributed by atoms with Gasteiger partial charge in [-0.2, -0.15) is 0 Å². The van der Waals surface area contributed by atoms with E-state index in [0.717, 1.165) is 43.7 Å². The first-order chi connectivity index (χ1) is 10.7. The molecule has 1 aromatic carbocycles. The molecular formula is C18H27NO3. The molecule has 0 saturated carbocycles. The van der Waals surface area contributed by atoms with E-state index in [-0.39, 0.29) is 5.91 Å². The predicted octanol–water partition coefficient (Wildman–Crippen LogP) is 3.67. The van der Waals surface area contributed by atoms with Crippen molar-refractivity contribution in [2.75, 3.05) is 27.3 Å². The Hall–Kier alpha value is -1.71. The summed E-state index contributed by atoms with van der Waals surface area (Å²) in [6.07, 6.45) is 6.78. The molecule has 0 atom stereocenters. The Labute approximate surface area is 133 Å². The molecule has 0 N–H and O–H groups in total. The molecule has 0 radical (unpaired) electrons. The smallest absolute Gasteiger partial charge is 0.254 e. The first-order valence-electron chi connectivity index (χ1n) is 8.25. The molecule has 1 amide bonds. The number of benzene rings is 1. The summed E-state index contributed by atoms with van der Waals surface area (Å²) in [5.74, 6) is 1.51. The molecule has 1 fully saturated rings. The second kappa shape index (κ2) is 8.06. The molecule has 122 valence electrons. The van der Waals surface area contributed by atoms with Crippen LogP contribution in [0.3, 0.4) is 0 Å². The molecule has 1 saturated heterocycles. The third-order valence-electron chi connectivity index (χ3n) is 4.25. The summed E-state index contributed by atoms with van der Waals surface area (Å²) < 4.78 is 10.9. The van der Waals surface area contributed by atoms with Gasteiger partial charge in [-0.05, 0) is 37.0 Å². The van der Waals surface area contributed by atoms with Gasteiger partial charge in [0.2, 0.25) is 0 Å². The fraction of sp³-hybridized carbons (Fsp3) is 0.611. The van der Waals surface area contributed by atoms with Crippen molar-refractivity contribution in [1.82, 2.24) is 4.90 Å². The van der Waals surface area contributed by atoms with Crippen molar-refractivity contribution in [2.45, 2.75) is 45.4 Å². The second-order valence-corrected chi connectivity index (χ2v) is 5.83. The van der Waals surface area contributed by atoms with E-state index < -0.39 is 0 Å². The van der Waals surface area contributed by atoms with Crippen LogP contribution in [0.5, 0.6) is 11.5 Å². The van der Waals surface area contributed by atoms with Crippen LogP contribution in [0.15, 0.2) is 12.1 Å². The van der Waals surface area contributed by atoms with Gasteiger partial charge in [0.15, 0.2) is 11.5 Å². The summed E-state index contributed by atoms with van der Waals surface area (Å²) in [6, 6.07) is 3.78. The van der Waals surface area contributed by atoms with Gasteiger partial charge in [0.05, 0.1) is 14.2 Å². The van der Waals surface area contributed by atoms with Crippen molar-refractivity contribution in [3.8, 4) is 11.5 Å². The Kier molecular flexibility index (Phi) is 6.10. The number of unbranched alkanes of at least 4 members (excludes halogenated alkanes) is 3. The molecule has 4 nitrogen and oxygen atoms in total. The van der Waals surface area contributed by atoms with Gasteiger partial charge >= 0.3 is 0 Å². The summed E-state index contributed by atoms with van der Waals surface area (Å²) >= 11 is 0. The molecular weight excluding hydrogens is 278 g/mol. The van der Waals surface area contributed by atoms with Crippen molar-refractivity contribution >= 4 is 5.91 Å². The Morgan fingerprint density at radius 3 is 2.45 bits per heavy atom. The number of carbonyl (C=O) groups excluding carboxylic acids is 1. The van der Waals surface area contributed by atoms with Gasteiger partial charge in [-0.1, -0.05) is 26.2 Å². The number of carbonyl (C=O) groups is 1. The van der Waals surface area contributed by atoms with Crippen LogP contribution in [0.4, 0.5) is 0 Å². The number of likely N-dealkylation sites (tertiary alicyclic amines) is 1. The lowest BCUT2D eigenvalue weighted by atomic mass is 10.0. The predicted molar refractivity (Wildman–Crippen MR) is 87.9 cm³/mol. The maximum atomic E-state index is 12.5. The molecule has 1 heterocycles. The summed E-state index contributed by atoms with van der Waals surface area (Å²) in [6.45, 7) is 3.92. The molecule has 1 aliphatic rings. The Bertz CT molecular complexity index is 509. The molecule has 0 aliphatic carbocycles. The number of ether oxygens (including phenoxy) is 2. The number of rotatable bonds is 8. The lowest BCUT2D eigenvalue weighted by Gasteiger charge is -2.31. The van der Waals surface area contributed by atoms with Gasteiger partial charge in [0.25, 0.3) is 5.91 Å². The van der Waals surface area contributed by atoms with E-state index in [0.29, 0.717) is 11.3 Å². The van der Waals surface area contributed by atoms with Gasteiger partial charge in [-0.25, -0.2) is 0 Å². The molecule has 4 heteroatoms. The first kappa shape index (κ1) is 16.7. The molecule has 0 spiro atoms. The van der Waals surface area contributed by atoms with Crippen LogP contribution in [0.1, 0.15) is 54.9 Å². The fourth-order valence-corrected chi connectivity index (χ4v) is 2.80. The van der Waals surface area contributed by atoms with Crippen LogP contribution in [0.25, 0.3) is 0 Å². The highest BCUT2D eigenvalue weighted by Gasteiger charge is 2.24. The Morgan fingerprint density at radius 2 is 1.91 bits per heavy atom. The van der Waals surface area contributed by atoms with Gasteiger partial charge in [0, 0.05) is 18.7 Å². The number of amides is 1. The van der Waals surface area contributed by atoms with Crippen LogP contribution in [-0.4, -0.2) is 38.1 Å². The zero-order valence-corrected chi connectivity index (χ0v) is 14.0. The van der Waals surface area contributed by atoms with Crippen molar-refractivity contribution in [3.05, 3.63) is 23.3 Å². The van der Waals surface area contributed by atoms with E-state index in [1.165, 1.54) is 19.3 Å². The fourth-order valence-electron chi connectivity index (χ4n) is 2.80. The van der Waals surface area contributed by atoms with Crippen molar-refractivity contribution < 1.29 is 14.3 Å². The highest BCUT2D eigenvalue weighted by Crippen LogP contribution is 2.34. The Morgan fingerprint density at radius 1 is 1.14 bits per heavy atom. The van der Waals surface area contributed by atoms with E-state index >= 15 is 0 Å². The third kappa shape index (κ3) is 3.73. The highest BCUT2D eigenvalue weighted by atomic mass is 16.5. The SMILES string of the molecule is CCCCCCc1cc(C(=O)N2CCC2)cc(OC)c1OC. The summed E-state index contributed by atoms with van der Waals surface area (Å²) in [7, 11) is 3.28. The minimum atomic E-state index is 0.0991. The minimum absolute atomic E-state index is 0.0991. The largest absolute Gasteiger partial charge is 0.493 e. The highest BCUT2D eigenvalue weighted by molar-refractivity contribution is 5.95. The van der Waals surface area contributed by atoms with Gasteiger partial charge in [-0.15, -0.1) is 0 Å². The van der Waals surface area contributed by atoms with Crippen LogP contribution >= 0.6 is 0 Å². The molecule has 1 aliphatic heterocycles. The van der Waals surface area contributed by atoms with Crippen molar-refractivity contribution in [3.63, 3.8) is 0 Å². The average molecular weight is 305 g/mol. The van der Waals surface area contributed by atoms with E-state index in [1.54, 1.807) is 20.3 Å². The maximum absolute atomic E-state index is 12.5. The van der Waals surface area contributed by atoms with Crippen LogP contribution in [0.2, 0.25) is 0 Å². The molecule has 2 rings (SSSR count). The van der Waals surface area contributed by atoms with Gasteiger partial charge in [-0.3, -0.25) is 4.79 Å².